The third kappa shape index (κ3) is 2.07. The van der Waals surface area contributed by atoms with Gasteiger partial charge in [-0.05, 0) is 52.4 Å². The van der Waals surface area contributed by atoms with Crippen molar-refractivity contribution in [3.8, 4) is 0 Å². The maximum Gasteiger partial charge on any atom is 0.244 e. The molecule has 4 nitrogen and oxygen atoms in total. The molecule has 1 aromatic heterocycles. The number of aromatic nitrogens is 1. The zero-order valence-corrected chi connectivity index (χ0v) is 10.9. The summed E-state index contributed by atoms with van der Waals surface area (Å²) < 4.78 is 13.7. The highest BCUT2D eigenvalue weighted by Gasteiger charge is 2.49. The quantitative estimate of drug-likeness (QED) is 0.378. The van der Waals surface area contributed by atoms with E-state index in [0.717, 1.165) is 0 Å². The molecule has 0 saturated heterocycles. The second-order valence-electron chi connectivity index (χ2n) is 4.57. The summed E-state index contributed by atoms with van der Waals surface area (Å²) in [5.41, 5.74) is 2.08. The molecular formula is C11H13BrFN3O. The Morgan fingerprint density at radius 2 is 2.29 bits per heavy atom. The standard InChI is InChI=1S/C11H13BrFN3O/c1-6-4-11(5-6,10(17)16-14)7-2-8(12)15-9(13)3-7/h2-3,6H,4-5,14H2,1H3,(H,16,17). The highest BCUT2D eigenvalue weighted by Crippen LogP contribution is 2.48. The van der Waals surface area contributed by atoms with Crippen molar-refractivity contribution in [2.24, 2.45) is 11.8 Å². The lowest BCUT2D eigenvalue weighted by molar-refractivity contribution is -0.131. The average Bonchev–Trinajstić information content (AvgIpc) is 2.22. The number of pyridine rings is 1. The molecule has 1 fully saturated rings. The van der Waals surface area contributed by atoms with Crippen molar-refractivity contribution in [3.63, 3.8) is 0 Å². The van der Waals surface area contributed by atoms with Crippen LogP contribution in [-0.2, 0) is 10.2 Å². The number of rotatable bonds is 2. The molecule has 1 aromatic rings. The van der Waals surface area contributed by atoms with Crippen molar-refractivity contribution < 1.29 is 9.18 Å². The Morgan fingerprint density at radius 3 is 2.76 bits per heavy atom. The summed E-state index contributed by atoms with van der Waals surface area (Å²) in [6, 6.07) is 2.97. The summed E-state index contributed by atoms with van der Waals surface area (Å²) in [6.45, 7) is 2.05. The van der Waals surface area contributed by atoms with Crippen molar-refractivity contribution in [2.45, 2.75) is 25.2 Å². The molecule has 0 spiro atoms. The van der Waals surface area contributed by atoms with Crippen LogP contribution in [0.1, 0.15) is 25.3 Å². The molecule has 1 amide bonds. The summed E-state index contributed by atoms with van der Waals surface area (Å²) >= 11 is 3.13. The molecule has 92 valence electrons. The van der Waals surface area contributed by atoms with Gasteiger partial charge in [-0.1, -0.05) is 6.92 Å². The monoisotopic (exact) mass is 301 g/mol. The predicted octanol–water partition coefficient (Wildman–Crippen LogP) is 1.64. The third-order valence-electron chi connectivity index (χ3n) is 3.27. The van der Waals surface area contributed by atoms with Crippen LogP contribution in [-0.4, -0.2) is 10.9 Å². The SMILES string of the molecule is CC1CC(C(=O)NN)(c2cc(F)nc(Br)c2)C1. The van der Waals surface area contributed by atoms with Gasteiger partial charge in [0.05, 0.1) is 5.41 Å². The van der Waals surface area contributed by atoms with E-state index >= 15 is 0 Å². The zero-order chi connectivity index (χ0) is 12.6. The zero-order valence-electron chi connectivity index (χ0n) is 9.34. The smallest absolute Gasteiger partial charge is 0.244 e. The van der Waals surface area contributed by atoms with Crippen LogP contribution in [0.15, 0.2) is 16.7 Å². The van der Waals surface area contributed by atoms with Gasteiger partial charge in [-0.2, -0.15) is 4.39 Å². The van der Waals surface area contributed by atoms with Crippen molar-refractivity contribution in [1.82, 2.24) is 10.4 Å². The molecule has 0 radical (unpaired) electrons. The number of hydrogen-bond donors (Lipinski definition) is 2. The number of nitrogens with one attached hydrogen (secondary N) is 1. The number of carbonyl (C=O) groups is 1. The van der Waals surface area contributed by atoms with E-state index in [9.17, 15) is 9.18 Å². The Balaban J connectivity index is 2.43. The average molecular weight is 302 g/mol. The summed E-state index contributed by atoms with van der Waals surface area (Å²) in [5, 5.41) is 0. The molecule has 1 heterocycles. The van der Waals surface area contributed by atoms with E-state index in [-0.39, 0.29) is 5.91 Å². The van der Waals surface area contributed by atoms with Gasteiger partial charge in [0.1, 0.15) is 4.60 Å². The van der Waals surface area contributed by atoms with Gasteiger partial charge in [0.25, 0.3) is 0 Å². The van der Waals surface area contributed by atoms with Crippen LogP contribution in [0.5, 0.6) is 0 Å². The normalized spacial score (nSPS) is 27.4. The lowest BCUT2D eigenvalue weighted by Crippen LogP contribution is -2.54. The number of hydrazine groups is 1. The third-order valence-corrected chi connectivity index (χ3v) is 3.68. The Labute approximate surface area is 107 Å². The molecular weight excluding hydrogens is 289 g/mol. The van der Waals surface area contributed by atoms with Gasteiger partial charge in [0.15, 0.2) is 0 Å². The molecule has 1 aliphatic carbocycles. The van der Waals surface area contributed by atoms with Crippen LogP contribution in [0.2, 0.25) is 0 Å². The molecule has 0 unspecified atom stereocenters. The molecule has 6 heteroatoms. The maximum atomic E-state index is 13.3. The van der Waals surface area contributed by atoms with Gasteiger partial charge in [-0.3, -0.25) is 10.2 Å². The van der Waals surface area contributed by atoms with Crippen LogP contribution in [0.4, 0.5) is 4.39 Å². The molecule has 3 N–H and O–H groups in total. The van der Waals surface area contributed by atoms with Gasteiger partial charge in [-0.25, -0.2) is 10.8 Å². The number of carbonyl (C=O) groups excluding carboxylic acids is 1. The first-order chi connectivity index (χ1) is 7.98. The van der Waals surface area contributed by atoms with E-state index in [0.29, 0.717) is 28.9 Å². The van der Waals surface area contributed by atoms with Crippen LogP contribution >= 0.6 is 15.9 Å². The minimum atomic E-state index is -0.708. The first kappa shape index (κ1) is 12.4. The molecule has 1 saturated carbocycles. The van der Waals surface area contributed by atoms with E-state index in [1.807, 2.05) is 0 Å². The van der Waals surface area contributed by atoms with Gasteiger partial charge in [0.2, 0.25) is 11.9 Å². The first-order valence-corrected chi connectivity index (χ1v) is 6.12. The van der Waals surface area contributed by atoms with Crippen LogP contribution in [0.25, 0.3) is 0 Å². The van der Waals surface area contributed by atoms with E-state index in [2.05, 4.69) is 33.3 Å². The lowest BCUT2D eigenvalue weighted by Gasteiger charge is -2.45. The van der Waals surface area contributed by atoms with Gasteiger partial charge in [0, 0.05) is 0 Å². The molecule has 17 heavy (non-hydrogen) atoms. The fourth-order valence-corrected chi connectivity index (χ4v) is 2.98. The lowest BCUT2D eigenvalue weighted by atomic mass is 9.59. The first-order valence-electron chi connectivity index (χ1n) is 5.32. The van der Waals surface area contributed by atoms with Gasteiger partial charge in [-0.15, -0.1) is 0 Å². The van der Waals surface area contributed by atoms with Crippen LogP contribution in [0, 0.1) is 11.9 Å². The number of nitrogens with two attached hydrogens (primary N) is 1. The maximum absolute atomic E-state index is 13.3. The van der Waals surface area contributed by atoms with Crippen LogP contribution in [0.3, 0.4) is 0 Å². The summed E-state index contributed by atoms with van der Waals surface area (Å²) in [6.07, 6.45) is 1.35. The Morgan fingerprint density at radius 1 is 1.65 bits per heavy atom. The highest BCUT2D eigenvalue weighted by molar-refractivity contribution is 9.10. The van der Waals surface area contributed by atoms with Gasteiger partial charge >= 0.3 is 0 Å². The number of amides is 1. The van der Waals surface area contributed by atoms with Crippen molar-refractivity contribution in [2.75, 3.05) is 0 Å². The largest absolute Gasteiger partial charge is 0.293 e. The second-order valence-corrected chi connectivity index (χ2v) is 5.38. The number of hydrogen-bond acceptors (Lipinski definition) is 3. The topological polar surface area (TPSA) is 68.0 Å². The molecule has 0 bridgehead atoms. The molecule has 0 atom stereocenters. The van der Waals surface area contributed by atoms with Crippen molar-refractivity contribution in [3.05, 3.63) is 28.2 Å². The van der Waals surface area contributed by atoms with Gasteiger partial charge < -0.3 is 0 Å². The van der Waals surface area contributed by atoms with E-state index in [1.165, 1.54) is 6.07 Å². The minimum absolute atomic E-state index is 0.270. The van der Waals surface area contributed by atoms with E-state index in [1.54, 1.807) is 6.07 Å². The van der Waals surface area contributed by atoms with Crippen LogP contribution < -0.4 is 11.3 Å². The molecule has 0 aliphatic heterocycles. The minimum Gasteiger partial charge on any atom is -0.293 e. The highest BCUT2D eigenvalue weighted by atomic mass is 79.9. The van der Waals surface area contributed by atoms with Crippen molar-refractivity contribution in [1.29, 1.82) is 0 Å². The van der Waals surface area contributed by atoms with E-state index < -0.39 is 11.4 Å². The Bertz CT molecular complexity index is 440. The fraction of sp³-hybridized carbons (Fsp3) is 0.455. The Kier molecular flexibility index (Phi) is 3.18. The second kappa shape index (κ2) is 4.34. The number of nitrogens with zero attached hydrogens (tertiary/aromatic N) is 1. The summed E-state index contributed by atoms with van der Waals surface area (Å²) in [5.74, 6) is 4.77. The molecule has 0 aromatic carbocycles. The van der Waals surface area contributed by atoms with Crippen molar-refractivity contribution >= 4 is 21.8 Å². The number of halogens is 2. The summed E-state index contributed by atoms with van der Waals surface area (Å²) in [4.78, 5) is 15.5. The molecule has 1 aliphatic rings. The Hall–Kier alpha value is -1.01. The summed E-state index contributed by atoms with van der Waals surface area (Å²) in [7, 11) is 0. The molecule has 2 rings (SSSR count). The predicted molar refractivity (Wildman–Crippen MR) is 64.3 cm³/mol. The van der Waals surface area contributed by atoms with E-state index in [4.69, 9.17) is 5.84 Å². The fourth-order valence-electron chi connectivity index (χ4n) is 2.56.